The Morgan fingerprint density at radius 3 is 2.67 bits per heavy atom. The Hall–Kier alpha value is -3.28. The third kappa shape index (κ3) is 3.38. The van der Waals surface area contributed by atoms with Gasteiger partial charge in [0.15, 0.2) is 0 Å². The molecule has 3 aromatic rings. The number of hydrogen-bond donors (Lipinski definition) is 0. The second-order valence-corrected chi connectivity index (χ2v) is 6.70. The molecule has 3 heterocycles. The molecule has 0 spiro atoms. The molecule has 0 saturated carbocycles. The number of hydrogen-bond acceptors (Lipinski definition) is 4. The van der Waals surface area contributed by atoms with Crippen LogP contribution in [-0.2, 0) is 17.8 Å². The molecule has 6 nitrogen and oxygen atoms in total. The molecule has 2 aromatic heterocycles. The van der Waals surface area contributed by atoms with Crippen molar-refractivity contribution in [3.05, 3.63) is 82.4 Å². The fourth-order valence-electron chi connectivity index (χ4n) is 3.42. The minimum absolute atomic E-state index is 0.0950. The van der Waals surface area contributed by atoms with E-state index in [0.29, 0.717) is 18.8 Å². The first-order chi connectivity index (χ1) is 13.1. The van der Waals surface area contributed by atoms with Gasteiger partial charge in [0.2, 0.25) is 5.91 Å². The summed E-state index contributed by atoms with van der Waals surface area (Å²) in [6.07, 6.45) is 4.19. The third-order valence-corrected chi connectivity index (χ3v) is 4.95. The number of carbonyl (C=O) groups is 1. The number of benzene rings is 1. The van der Waals surface area contributed by atoms with Crippen molar-refractivity contribution >= 4 is 5.91 Å². The molecule has 0 aliphatic carbocycles. The fourth-order valence-corrected chi connectivity index (χ4v) is 3.42. The Morgan fingerprint density at radius 1 is 1.07 bits per heavy atom. The summed E-state index contributed by atoms with van der Waals surface area (Å²) in [6, 6.07) is 14.3. The van der Waals surface area contributed by atoms with Gasteiger partial charge in [-0.05, 0) is 42.7 Å². The van der Waals surface area contributed by atoms with Crippen molar-refractivity contribution in [2.75, 3.05) is 6.54 Å². The number of rotatable bonds is 3. The van der Waals surface area contributed by atoms with E-state index in [2.05, 4.69) is 16.1 Å². The molecule has 0 bridgehead atoms. The zero-order valence-electron chi connectivity index (χ0n) is 15.1. The first-order valence-corrected chi connectivity index (χ1v) is 8.99. The van der Waals surface area contributed by atoms with Gasteiger partial charge in [-0.2, -0.15) is 5.10 Å². The molecule has 1 unspecified atom stereocenters. The molecule has 1 atom stereocenters. The van der Waals surface area contributed by atoms with Crippen molar-refractivity contribution in [1.29, 1.82) is 0 Å². The summed E-state index contributed by atoms with van der Waals surface area (Å²) in [7, 11) is 0. The highest BCUT2D eigenvalue weighted by molar-refractivity contribution is 5.80. The maximum atomic E-state index is 13.0. The summed E-state index contributed by atoms with van der Waals surface area (Å²) >= 11 is 0. The van der Waals surface area contributed by atoms with Crippen molar-refractivity contribution in [3.63, 3.8) is 0 Å². The summed E-state index contributed by atoms with van der Waals surface area (Å²) in [5.74, 6) is -0.0950. The van der Waals surface area contributed by atoms with E-state index in [1.54, 1.807) is 30.3 Å². The van der Waals surface area contributed by atoms with E-state index in [4.69, 9.17) is 0 Å². The highest BCUT2D eigenvalue weighted by atomic mass is 16.2. The molecule has 0 radical (unpaired) electrons. The van der Waals surface area contributed by atoms with E-state index in [0.717, 1.165) is 17.5 Å². The van der Waals surface area contributed by atoms with E-state index < -0.39 is 6.04 Å². The zero-order chi connectivity index (χ0) is 18.8. The molecule has 1 amide bonds. The fraction of sp³-hybridized carbons (Fsp3) is 0.238. The number of nitrogens with zero attached hydrogens (tertiary/aromatic N) is 4. The largest absolute Gasteiger partial charge is 0.336 e. The van der Waals surface area contributed by atoms with Gasteiger partial charge in [-0.25, -0.2) is 4.68 Å². The number of fused-ring (bicyclic) bond motifs is 1. The molecule has 27 heavy (non-hydrogen) atoms. The van der Waals surface area contributed by atoms with Crippen molar-refractivity contribution in [3.8, 4) is 11.3 Å². The maximum Gasteiger partial charge on any atom is 0.267 e. The predicted molar refractivity (Wildman–Crippen MR) is 102 cm³/mol. The van der Waals surface area contributed by atoms with Gasteiger partial charge in [0.25, 0.3) is 5.56 Å². The van der Waals surface area contributed by atoms with Crippen LogP contribution >= 0.6 is 0 Å². The highest BCUT2D eigenvalue weighted by Crippen LogP contribution is 2.21. The first-order valence-electron chi connectivity index (χ1n) is 8.99. The third-order valence-electron chi connectivity index (χ3n) is 4.95. The van der Waals surface area contributed by atoms with Crippen LogP contribution in [0.25, 0.3) is 11.3 Å². The Morgan fingerprint density at radius 2 is 1.89 bits per heavy atom. The second-order valence-electron chi connectivity index (χ2n) is 6.70. The molecule has 0 saturated heterocycles. The topological polar surface area (TPSA) is 68.1 Å². The SMILES string of the molecule is CC(C(=O)N1CCc2ccccc2C1)n1nc(-c2cccnc2)ccc1=O. The summed E-state index contributed by atoms with van der Waals surface area (Å²) < 4.78 is 1.27. The Labute approximate surface area is 157 Å². The maximum absolute atomic E-state index is 13.0. The quantitative estimate of drug-likeness (QED) is 0.719. The standard InChI is InChI=1S/C21H20N4O2/c1-15(21(27)24-12-10-16-5-2-3-6-18(16)14-24)25-20(26)9-8-19(23-25)17-7-4-11-22-13-17/h2-9,11,13,15H,10,12,14H2,1H3. The number of carbonyl (C=O) groups excluding carboxylic acids is 1. The molecule has 136 valence electrons. The minimum Gasteiger partial charge on any atom is -0.336 e. The molecule has 0 N–H and O–H groups in total. The minimum atomic E-state index is -0.667. The molecular weight excluding hydrogens is 340 g/mol. The Kier molecular flexibility index (Phi) is 4.54. The molecule has 4 rings (SSSR count). The van der Waals surface area contributed by atoms with Gasteiger partial charge < -0.3 is 4.90 Å². The van der Waals surface area contributed by atoms with Crippen LogP contribution in [0.5, 0.6) is 0 Å². The van der Waals surface area contributed by atoms with Gasteiger partial charge in [-0.1, -0.05) is 24.3 Å². The number of amides is 1. The lowest BCUT2D eigenvalue weighted by atomic mass is 9.99. The van der Waals surface area contributed by atoms with E-state index in [9.17, 15) is 9.59 Å². The van der Waals surface area contributed by atoms with Gasteiger partial charge in [0.1, 0.15) is 6.04 Å². The average Bonchev–Trinajstić information content (AvgIpc) is 2.73. The molecule has 1 aliphatic heterocycles. The van der Waals surface area contributed by atoms with Crippen molar-refractivity contribution in [2.24, 2.45) is 0 Å². The molecule has 1 aromatic carbocycles. The molecule has 0 fully saturated rings. The van der Waals surface area contributed by atoms with Crippen LogP contribution in [-0.4, -0.2) is 32.1 Å². The van der Waals surface area contributed by atoms with Crippen molar-refractivity contribution in [1.82, 2.24) is 19.7 Å². The van der Waals surface area contributed by atoms with Crippen LogP contribution < -0.4 is 5.56 Å². The first kappa shape index (κ1) is 17.1. The summed E-state index contributed by atoms with van der Waals surface area (Å²) in [5, 5.41) is 4.42. The lowest BCUT2D eigenvalue weighted by Crippen LogP contribution is -2.42. The van der Waals surface area contributed by atoms with Gasteiger partial charge >= 0.3 is 0 Å². The van der Waals surface area contributed by atoms with Gasteiger partial charge in [-0.3, -0.25) is 14.6 Å². The Balaban J connectivity index is 1.60. The molecule has 6 heteroatoms. The van der Waals surface area contributed by atoms with E-state index in [1.807, 2.05) is 30.3 Å². The van der Waals surface area contributed by atoms with Crippen LogP contribution in [0.1, 0.15) is 24.1 Å². The average molecular weight is 360 g/mol. The lowest BCUT2D eigenvalue weighted by molar-refractivity contribution is -0.135. The highest BCUT2D eigenvalue weighted by Gasteiger charge is 2.26. The van der Waals surface area contributed by atoms with Crippen molar-refractivity contribution in [2.45, 2.75) is 25.9 Å². The monoisotopic (exact) mass is 360 g/mol. The Bertz CT molecular complexity index is 1030. The van der Waals surface area contributed by atoms with Crippen LogP contribution in [0.3, 0.4) is 0 Å². The zero-order valence-corrected chi connectivity index (χ0v) is 15.1. The van der Waals surface area contributed by atoms with Crippen LogP contribution in [0.4, 0.5) is 0 Å². The smallest absolute Gasteiger partial charge is 0.267 e. The lowest BCUT2D eigenvalue weighted by Gasteiger charge is -2.31. The number of pyridine rings is 1. The van der Waals surface area contributed by atoms with Gasteiger partial charge in [-0.15, -0.1) is 0 Å². The van der Waals surface area contributed by atoms with Crippen molar-refractivity contribution < 1.29 is 4.79 Å². The van der Waals surface area contributed by atoms with Crippen LogP contribution in [0, 0.1) is 0 Å². The van der Waals surface area contributed by atoms with E-state index in [1.165, 1.54) is 16.3 Å². The second kappa shape index (κ2) is 7.15. The molecule has 1 aliphatic rings. The number of aromatic nitrogens is 3. The normalized spacial score (nSPS) is 14.5. The van der Waals surface area contributed by atoms with Crippen LogP contribution in [0.15, 0.2) is 65.7 Å². The van der Waals surface area contributed by atoms with E-state index >= 15 is 0 Å². The molecular formula is C21H20N4O2. The van der Waals surface area contributed by atoms with Crippen LogP contribution in [0.2, 0.25) is 0 Å². The van der Waals surface area contributed by atoms with Gasteiger partial charge in [0, 0.05) is 37.1 Å². The summed E-state index contributed by atoms with van der Waals surface area (Å²) in [4.78, 5) is 31.3. The van der Waals surface area contributed by atoms with Gasteiger partial charge in [0.05, 0.1) is 5.69 Å². The summed E-state index contributed by atoms with van der Waals surface area (Å²) in [6.45, 7) is 2.94. The predicted octanol–water partition coefficient (Wildman–Crippen LogP) is 2.45. The summed E-state index contributed by atoms with van der Waals surface area (Å²) in [5.41, 5.74) is 3.57. The van der Waals surface area contributed by atoms with E-state index in [-0.39, 0.29) is 11.5 Å².